The van der Waals surface area contributed by atoms with E-state index in [-0.39, 0.29) is 5.97 Å². The lowest BCUT2D eigenvalue weighted by Crippen LogP contribution is -2.41. The van der Waals surface area contributed by atoms with Crippen molar-refractivity contribution in [1.82, 2.24) is 5.32 Å². The number of benzene rings is 1. The summed E-state index contributed by atoms with van der Waals surface area (Å²) in [7, 11) is 0. The first-order valence-corrected chi connectivity index (χ1v) is 8.14. The van der Waals surface area contributed by atoms with E-state index in [0.29, 0.717) is 18.9 Å². The van der Waals surface area contributed by atoms with E-state index in [2.05, 4.69) is 19.2 Å². The Morgan fingerprint density at radius 3 is 2.48 bits per heavy atom. The molecule has 2 N–H and O–H groups in total. The third-order valence-corrected chi connectivity index (χ3v) is 4.18. The molecule has 126 valence electrons. The number of carboxylic acid groups (broad SMARTS) is 1. The third kappa shape index (κ3) is 4.55. The smallest absolute Gasteiger partial charge is 0.324 e. The number of esters is 1. The van der Waals surface area contributed by atoms with Crippen LogP contribution in [0.25, 0.3) is 0 Å². The predicted molar refractivity (Wildman–Crippen MR) is 87.3 cm³/mol. The number of ether oxygens (including phenoxy) is 1. The SMILES string of the molecule is CC(C)Cc1ccc(C(C)C(=O)OC2CCN[C@@H]2C(=O)O)cc1. The van der Waals surface area contributed by atoms with Gasteiger partial charge in [-0.1, -0.05) is 38.1 Å². The molecule has 1 aromatic rings. The normalized spacial score (nSPS) is 22.1. The molecule has 1 fully saturated rings. The van der Waals surface area contributed by atoms with Crippen LogP contribution in [-0.2, 0) is 20.7 Å². The molecule has 1 saturated heterocycles. The van der Waals surface area contributed by atoms with Crippen LogP contribution in [0.3, 0.4) is 0 Å². The zero-order chi connectivity index (χ0) is 17.0. The minimum Gasteiger partial charge on any atom is -0.480 e. The Morgan fingerprint density at radius 1 is 1.26 bits per heavy atom. The molecule has 23 heavy (non-hydrogen) atoms. The van der Waals surface area contributed by atoms with Crippen LogP contribution in [0.15, 0.2) is 24.3 Å². The van der Waals surface area contributed by atoms with Gasteiger partial charge < -0.3 is 15.2 Å². The Balaban J connectivity index is 1.98. The van der Waals surface area contributed by atoms with Gasteiger partial charge in [0.2, 0.25) is 0 Å². The molecule has 0 spiro atoms. The summed E-state index contributed by atoms with van der Waals surface area (Å²) in [4.78, 5) is 23.4. The van der Waals surface area contributed by atoms with Gasteiger partial charge in [0.05, 0.1) is 5.92 Å². The molecule has 0 bridgehead atoms. The Bertz CT molecular complexity index is 553. The average Bonchev–Trinajstić information content (AvgIpc) is 2.95. The quantitative estimate of drug-likeness (QED) is 0.787. The van der Waals surface area contributed by atoms with Crippen molar-refractivity contribution in [3.63, 3.8) is 0 Å². The molecular formula is C18H25NO4. The number of hydrogen-bond donors (Lipinski definition) is 2. The van der Waals surface area contributed by atoms with Gasteiger partial charge in [0.25, 0.3) is 0 Å². The summed E-state index contributed by atoms with van der Waals surface area (Å²) in [6.07, 6.45) is 0.943. The standard InChI is InChI=1S/C18H25NO4/c1-11(2)10-13-4-6-14(7-5-13)12(3)18(22)23-15-8-9-19-16(15)17(20)21/h4-7,11-12,15-16,19H,8-10H2,1-3H3,(H,20,21)/t12?,15?,16-/m0/s1. The fraction of sp³-hybridized carbons (Fsp3) is 0.556. The fourth-order valence-electron chi connectivity index (χ4n) is 2.85. The lowest BCUT2D eigenvalue weighted by atomic mass is 9.97. The van der Waals surface area contributed by atoms with E-state index in [1.165, 1.54) is 5.56 Å². The average molecular weight is 319 g/mol. The second kappa shape index (κ2) is 7.59. The van der Waals surface area contributed by atoms with E-state index in [0.717, 1.165) is 12.0 Å². The Hall–Kier alpha value is -1.88. The summed E-state index contributed by atoms with van der Waals surface area (Å²) in [5.41, 5.74) is 2.13. The lowest BCUT2D eigenvalue weighted by Gasteiger charge is -2.19. The highest BCUT2D eigenvalue weighted by Crippen LogP contribution is 2.21. The van der Waals surface area contributed by atoms with Crippen molar-refractivity contribution in [3.8, 4) is 0 Å². The van der Waals surface area contributed by atoms with Gasteiger partial charge in [0.15, 0.2) is 0 Å². The van der Waals surface area contributed by atoms with Crippen LogP contribution in [0.2, 0.25) is 0 Å². The van der Waals surface area contributed by atoms with E-state index in [4.69, 9.17) is 9.84 Å². The van der Waals surface area contributed by atoms with Gasteiger partial charge in [-0.15, -0.1) is 0 Å². The summed E-state index contributed by atoms with van der Waals surface area (Å²) in [5.74, 6) is -1.17. The maximum Gasteiger partial charge on any atom is 0.324 e. The highest BCUT2D eigenvalue weighted by molar-refractivity contribution is 5.79. The second-order valence-electron chi connectivity index (χ2n) is 6.60. The molecule has 2 unspecified atom stereocenters. The number of nitrogens with one attached hydrogen (secondary N) is 1. The van der Waals surface area contributed by atoms with E-state index in [1.807, 2.05) is 24.3 Å². The molecule has 5 heteroatoms. The third-order valence-electron chi connectivity index (χ3n) is 4.18. The van der Waals surface area contributed by atoms with E-state index in [9.17, 15) is 9.59 Å². The molecule has 1 aliphatic rings. The van der Waals surface area contributed by atoms with E-state index in [1.54, 1.807) is 6.92 Å². The Labute approximate surface area is 137 Å². The molecule has 0 aromatic heterocycles. The molecule has 5 nitrogen and oxygen atoms in total. The van der Waals surface area contributed by atoms with Crippen molar-refractivity contribution in [3.05, 3.63) is 35.4 Å². The molecule has 0 saturated carbocycles. The van der Waals surface area contributed by atoms with Gasteiger partial charge >= 0.3 is 11.9 Å². The zero-order valence-electron chi connectivity index (χ0n) is 13.9. The van der Waals surface area contributed by atoms with Crippen LogP contribution in [0.1, 0.15) is 44.2 Å². The molecule has 0 radical (unpaired) electrons. The molecule has 0 amide bonds. The minimum absolute atomic E-state index is 0.374. The number of carboxylic acids is 1. The van der Waals surface area contributed by atoms with Gasteiger partial charge in [-0.05, 0) is 43.4 Å². The second-order valence-corrected chi connectivity index (χ2v) is 6.60. The summed E-state index contributed by atoms with van der Waals surface area (Å²) in [6.45, 7) is 6.68. The van der Waals surface area contributed by atoms with Crippen LogP contribution < -0.4 is 5.32 Å². The van der Waals surface area contributed by atoms with E-state index >= 15 is 0 Å². The number of carbonyl (C=O) groups is 2. The van der Waals surface area contributed by atoms with Crippen LogP contribution in [0.4, 0.5) is 0 Å². The first-order chi connectivity index (χ1) is 10.9. The van der Waals surface area contributed by atoms with Crippen molar-refractivity contribution in [2.45, 2.75) is 51.7 Å². The molecule has 1 aromatic carbocycles. The maximum atomic E-state index is 12.3. The van der Waals surface area contributed by atoms with Crippen molar-refractivity contribution < 1.29 is 19.4 Å². The molecule has 0 aliphatic carbocycles. The van der Waals surface area contributed by atoms with Crippen molar-refractivity contribution in [2.75, 3.05) is 6.54 Å². The molecular weight excluding hydrogens is 294 g/mol. The van der Waals surface area contributed by atoms with Crippen molar-refractivity contribution >= 4 is 11.9 Å². The summed E-state index contributed by atoms with van der Waals surface area (Å²) < 4.78 is 5.41. The van der Waals surface area contributed by atoms with Crippen molar-refractivity contribution in [2.24, 2.45) is 5.92 Å². The first kappa shape index (κ1) is 17.5. The van der Waals surface area contributed by atoms with Crippen LogP contribution in [0.5, 0.6) is 0 Å². The first-order valence-electron chi connectivity index (χ1n) is 8.14. The Morgan fingerprint density at radius 2 is 1.91 bits per heavy atom. The molecule has 2 rings (SSSR count). The number of aliphatic carboxylic acids is 1. The maximum absolute atomic E-state index is 12.3. The Kier molecular flexibility index (Phi) is 5.77. The minimum atomic E-state index is -0.981. The number of carbonyl (C=O) groups excluding carboxylic acids is 1. The van der Waals surface area contributed by atoms with E-state index < -0.39 is 24.0 Å². The predicted octanol–water partition coefficient (Wildman–Crippen LogP) is 2.35. The summed E-state index contributed by atoms with van der Waals surface area (Å²) in [5, 5.41) is 11.9. The van der Waals surface area contributed by atoms with Gasteiger partial charge in [-0.25, -0.2) is 0 Å². The monoisotopic (exact) mass is 319 g/mol. The largest absolute Gasteiger partial charge is 0.480 e. The van der Waals surface area contributed by atoms with Gasteiger partial charge in [0.1, 0.15) is 12.1 Å². The number of rotatable bonds is 6. The van der Waals surface area contributed by atoms with Crippen molar-refractivity contribution in [1.29, 1.82) is 0 Å². The topological polar surface area (TPSA) is 75.6 Å². The zero-order valence-corrected chi connectivity index (χ0v) is 13.9. The summed E-state index contributed by atoms with van der Waals surface area (Å²) >= 11 is 0. The van der Waals surface area contributed by atoms with Gasteiger partial charge in [-0.2, -0.15) is 0 Å². The molecule has 1 aliphatic heterocycles. The van der Waals surface area contributed by atoms with Crippen LogP contribution in [-0.4, -0.2) is 35.7 Å². The van der Waals surface area contributed by atoms with Gasteiger partial charge in [-0.3, -0.25) is 9.59 Å². The summed E-state index contributed by atoms with van der Waals surface area (Å²) in [6, 6.07) is 7.17. The lowest BCUT2D eigenvalue weighted by molar-refractivity contribution is -0.154. The highest BCUT2D eigenvalue weighted by Gasteiger charge is 2.36. The van der Waals surface area contributed by atoms with Crippen LogP contribution >= 0.6 is 0 Å². The highest BCUT2D eigenvalue weighted by atomic mass is 16.5. The number of hydrogen-bond acceptors (Lipinski definition) is 4. The van der Waals surface area contributed by atoms with Gasteiger partial charge in [0, 0.05) is 0 Å². The molecule has 1 heterocycles. The fourth-order valence-corrected chi connectivity index (χ4v) is 2.85. The van der Waals surface area contributed by atoms with Crippen LogP contribution in [0, 0.1) is 5.92 Å². The molecule has 3 atom stereocenters.